The van der Waals surface area contributed by atoms with Crippen LogP contribution in [0.3, 0.4) is 0 Å². The maximum atomic E-state index is 9.89. The fourth-order valence-corrected chi connectivity index (χ4v) is 2.30. The summed E-state index contributed by atoms with van der Waals surface area (Å²) in [4.78, 5) is 0. The predicted octanol–water partition coefficient (Wildman–Crippen LogP) is 1.59. The van der Waals surface area contributed by atoms with Crippen molar-refractivity contribution in [1.29, 1.82) is 0 Å². The van der Waals surface area contributed by atoms with Gasteiger partial charge >= 0.3 is 0 Å². The van der Waals surface area contributed by atoms with Crippen molar-refractivity contribution in [3.05, 3.63) is 23.8 Å². The van der Waals surface area contributed by atoms with Gasteiger partial charge in [-0.25, -0.2) is 0 Å². The predicted molar refractivity (Wildman–Crippen MR) is 63.2 cm³/mol. The third kappa shape index (κ3) is 1.77. The van der Waals surface area contributed by atoms with Crippen molar-refractivity contribution in [3.8, 4) is 11.5 Å². The standard InChI is InChI=1S/C13H17NO3/c1-14-8-10(15)9-3-4-11-12(7-9)17-13(16-11)5-2-6-13/h3-4,7,10,14-15H,2,5-6,8H2,1H3. The Morgan fingerprint density at radius 3 is 2.76 bits per heavy atom. The number of rotatable bonds is 3. The van der Waals surface area contributed by atoms with Crippen LogP contribution >= 0.6 is 0 Å². The van der Waals surface area contributed by atoms with Crippen LogP contribution in [-0.4, -0.2) is 24.5 Å². The highest BCUT2D eigenvalue weighted by Crippen LogP contribution is 2.48. The van der Waals surface area contributed by atoms with Gasteiger partial charge in [0, 0.05) is 19.4 Å². The van der Waals surface area contributed by atoms with E-state index in [2.05, 4.69) is 5.32 Å². The minimum absolute atomic E-state index is 0.394. The van der Waals surface area contributed by atoms with E-state index in [1.165, 1.54) is 0 Å². The Kier molecular flexibility index (Phi) is 2.49. The summed E-state index contributed by atoms with van der Waals surface area (Å²) in [7, 11) is 1.82. The molecule has 1 fully saturated rings. The van der Waals surface area contributed by atoms with E-state index in [1.54, 1.807) is 0 Å². The number of fused-ring (bicyclic) bond motifs is 1. The van der Waals surface area contributed by atoms with E-state index < -0.39 is 11.9 Å². The van der Waals surface area contributed by atoms with Crippen LogP contribution in [0.4, 0.5) is 0 Å². The van der Waals surface area contributed by atoms with E-state index in [4.69, 9.17) is 9.47 Å². The molecule has 1 spiro atoms. The van der Waals surface area contributed by atoms with Crippen molar-refractivity contribution >= 4 is 0 Å². The fourth-order valence-electron chi connectivity index (χ4n) is 2.30. The number of aliphatic hydroxyl groups excluding tert-OH is 1. The Labute approximate surface area is 101 Å². The monoisotopic (exact) mass is 235 g/mol. The number of likely N-dealkylation sites (N-methyl/N-ethyl adjacent to an activating group) is 1. The van der Waals surface area contributed by atoms with Gasteiger partial charge in [0.25, 0.3) is 5.79 Å². The van der Waals surface area contributed by atoms with Crippen molar-refractivity contribution in [1.82, 2.24) is 5.32 Å². The molecule has 1 aromatic carbocycles. The Morgan fingerprint density at radius 2 is 2.12 bits per heavy atom. The summed E-state index contributed by atoms with van der Waals surface area (Å²) in [5, 5.41) is 12.8. The maximum absolute atomic E-state index is 9.89. The molecule has 0 radical (unpaired) electrons. The van der Waals surface area contributed by atoms with Crippen LogP contribution in [0.1, 0.15) is 30.9 Å². The minimum atomic E-state index is -0.508. The molecule has 0 amide bonds. The van der Waals surface area contributed by atoms with E-state index >= 15 is 0 Å². The van der Waals surface area contributed by atoms with Gasteiger partial charge in [0.05, 0.1) is 6.10 Å². The number of ether oxygens (including phenoxy) is 2. The zero-order valence-corrected chi connectivity index (χ0v) is 9.90. The van der Waals surface area contributed by atoms with Gasteiger partial charge in [0.1, 0.15) is 0 Å². The van der Waals surface area contributed by atoms with Crippen molar-refractivity contribution in [3.63, 3.8) is 0 Å². The Balaban J connectivity index is 1.82. The summed E-state index contributed by atoms with van der Waals surface area (Å²) in [5.74, 6) is 1.16. The number of aliphatic hydroxyl groups is 1. The first-order chi connectivity index (χ1) is 8.22. The third-order valence-corrected chi connectivity index (χ3v) is 3.46. The summed E-state index contributed by atoms with van der Waals surface area (Å²) < 4.78 is 11.7. The van der Waals surface area contributed by atoms with Crippen molar-refractivity contribution in [2.75, 3.05) is 13.6 Å². The molecule has 92 valence electrons. The van der Waals surface area contributed by atoms with Crippen LogP contribution < -0.4 is 14.8 Å². The molecule has 1 aromatic rings. The topological polar surface area (TPSA) is 50.7 Å². The number of hydrogen-bond donors (Lipinski definition) is 2. The van der Waals surface area contributed by atoms with Gasteiger partial charge in [-0.2, -0.15) is 0 Å². The molecular weight excluding hydrogens is 218 g/mol. The molecule has 1 aliphatic heterocycles. The maximum Gasteiger partial charge on any atom is 0.251 e. The number of benzene rings is 1. The fraction of sp³-hybridized carbons (Fsp3) is 0.538. The van der Waals surface area contributed by atoms with E-state index in [1.807, 2.05) is 25.2 Å². The Bertz CT molecular complexity index is 429. The summed E-state index contributed by atoms with van der Waals surface area (Å²) >= 11 is 0. The van der Waals surface area contributed by atoms with Gasteiger partial charge in [-0.3, -0.25) is 0 Å². The Hall–Kier alpha value is -1.26. The summed E-state index contributed by atoms with van der Waals surface area (Å²) in [6.45, 7) is 0.533. The second kappa shape index (κ2) is 3.89. The lowest BCUT2D eigenvalue weighted by atomic mass is 9.91. The van der Waals surface area contributed by atoms with Crippen LogP contribution in [0.15, 0.2) is 18.2 Å². The van der Waals surface area contributed by atoms with Crippen LogP contribution in [0, 0.1) is 0 Å². The van der Waals surface area contributed by atoms with E-state index in [0.717, 1.165) is 36.3 Å². The van der Waals surface area contributed by atoms with Gasteiger partial charge in [0.2, 0.25) is 0 Å². The van der Waals surface area contributed by atoms with Crippen LogP contribution in [-0.2, 0) is 0 Å². The van der Waals surface area contributed by atoms with Crippen molar-refractivity contribution in [2.24, 2.45) is 0 Å². The average molecular weight is 235 g/mol. The molecule has 1 aliphatic carbocycles. The largest absolute Gasteiger partial charge is 0.448 e. The lowest BCUT2D eigenvalue weighted by Crippen LogP contribution is -2.45. The highest BCUT2D eigenvalue weighted by molar-refractivity contribution is 5.46. The molecule has 4 heteroatoms. The quantitative estimate of drug-likeness (QED) is 0.835. The molecule has 0 aromatic heterocycles. The Morgan fingerprint density at radius 1 is 1.35 bits per heavy atom. The average Bonchev–Trinajstić information content (AvgIpc) is 2.67. The molecule has 1 heterocycles. The normalized spacial score (nSPS) is 21.3. The van der Waals surface area contributed by atoms with E-state index in [9.17, 15) is 5.11 Å². The van der Waals surface area contributed by atoms with Crippen LogP contribution in [0.2, 0.25) is 0 Å². The lowest BCUT2D eigenvalue weighted by Gasteiger charge is -2.35. The van der Waals surface area contributed by atoms with E-state index in [-0.39, 0.29) is 0 Å². The molecule has 1 unspecified atom stereocenters. The molecule has 3 rings (SSSR count). The molecule has 0 saturated heterocycles. The van der Waals surface area contributed by atoms with Gasteiger partial charge in [-0.15, -0.1) is 0 Å². The van der Waals surface area contributed by atoms with Crippen LogP contribution in [0.5, 0.6) is 11.5 Å². The molecule has 2 N–H and O–H groups in total. The van der Waals surface area contributed by atoms with Gasteiger partial charge in [0.15, 0.2) is 11.5 Å². The SMILES string of the molecule is CNCC(O)c1ccc2c(c1)OC1(CCC1)O2. The van der Waals surface area contributed by atoms with E-state index in [0.29, 0.717) is 6.54 Å². The minimum Gasteiger partial charge on any atom is -0.448 e. The summed E-state index contributed by atoms with van der Waals surface area (Å²) in [6.07, 6.45) is 2.56. The number of nitrogens with one attached hydrogen (secondary N) is 1. The first-order valence-corrected chi connectivity index (χ1v) is 6.07. The zero-order chi connectivity index (χ0) is 11.9. The molecule has 17 heavy (non-hydrogen) atoms. The summed E-state index contributed by atoms with van der Waals surface area (Å²) in [6, 6.07) is 5.66. The first kappa shape index (κ1) is 10.9. The van der Waals surface area contributed by atoms with Gasteiger partial charge in [-0.1, -0.05) is 6.07 Å². The second-order valence-electron chi connectivity index (χ2n) is 4.75. The molecule has 4 nitrogen and oxygen atoms in total. The third-order valence-electron chi connectivity index (χ3n) is 3.46. The highest BCUT2D eigenvalue weighted by Gasteiger charge is 2.47. The highest BCUT2D eigenvalue weighted by atomic mass is 16.7. The zero-order valence-electron chi connectivity index (χ0n) is 9.90. The molecule has 1 atom stereocenters. The molecule has 1 saturated carbocycles. The van der Waals surface area contributed by atoms with Gasteiger partial charge < -0.3 is 19.9 Å². The van der Waals surface area contributed by atoms with Crippen molar-refractivity contribution < 1.29 is 14.6 Å². The lowest BCUT2D eigenvalue weighted by molar-refractivity contribution is -0.138. The van der Waals surface area contributed by atoms with Crippen LogP contribution in [0.25, 0.3) is 0 Å². The molecule has 0 bridgehead atoms. The van der Waals surface area contributed by atoms with Gasteiger partial charge in [-0.05, 0) is 31.2 Å². The summed E-state index contributed by atoms with van der Waals surface area (Å²) in [5.41, 5.74) is 0.859. The van der Waals surface area contributed by atoms with Crippen molar-refractivity contribution in [2.45, 2.75) is 31.2 Å². The number of hydrogen-bond acceptors (Lipinski definition) is 4. The first-order valence-electron chi connectivity index (χ1n) is 6.07. The molecule has 2 aliphatic rings. The second-order valence-corrected chi connectivity index (χ2v) is 4.75. The molecular formula is C13H17NO3. The smallest absolute Gasteiger partial charge is 0.251 e.